The van der Waals surface area contributed by atoms with Gasteiger partial charge in [0.15, 0.2) is 0 Å². The zero-order chi connectivity index (χ0) is 13.3. The molecule has 0 aliphatic rings. The van der Waals surface area contributed by atoms with Gasteiger partial charge < -0.3 is 9.64 Å². The van der Waals surface area contributed by atoms with Crippen LogP contribution in [0.1, 0.15) is 11.4 Å². The van der Waals surface area contributed by atoms with Crippen molar-refractivity contribution in [2.24, 2.45) is 0 Å². The minimum absolute atomic E-state index is 0.422. The number of thiocarbonyl (C=S) groups is 1. The first-order valence-corrected chi connectivity index (χ1v) is 6.02. The molecule has 94 valence electrons. The van der Waals surface area contributed by atoms with Crippen LogP contribution in [-0.4, -0.2) is 34.1 Å². The Kier molecular flexibility index (Phi) is 3.43. The van der Waals surface area contributed by atoms with Gasteiger partial charge in [0.05, 0.1) is 22.4 Å². The molecule has 1 heterocycles. The second-order valence-corrected chi connectivity index (χ2v) is 4.66. The third kappa shape index (κ3) is 2.56. The Morgan fingerprint density at radius 3 is 2.33 bits per heavy atom. The summed E-state index contributed by atoms with van der Waals surface area (Å²) in [6.07, 6.45) is 0. The van der Waals surface area contributed by atoms with Crippen molar-refractivity contribution in [1.82, 2.24) is 14.9 Å². The average Bonchev–Trinajstić information content (AvgIpc) is 2.31. The van der Waals surface area contributed by atoms with Crippen LogP contribution in [-0.2, 0) is 0 Å². The van der Waals surface area contributed by atoms with Gasteiger partial charge in [0.2, 0.25) is 0 Å². The van der Waals surface area contributed by atoms with Crippen LogP contribution in [0.4, 0.5) is 0 Å². The molecule has 0 spiro atoms. The molecular weight excluding hydrogens is 246 g/mol. The summed E-state index contributed by atoms with van der Waals surface area (Å²) in [7, 11) is 3.69. The maximum absolute atomic E-state index is 5.54. The van der Waals surface area contributed by atoms with Crippen molar-refractivity contribution in [3.63, 3.8) is 0 Å². The first-order chi connectivity index (χ1) is 8.47. The monoisotopic (exact) mass is 261 g/mol. The van der Waals surface area contributed by atoms with Crippen molar-refractivity contribution in [3.8, 4) is 5.75 Å². The third-order valence-corrected chi connectivity index (χ3v) is 3.07. The highest BCUT2D eigenvalue weighted by molar-refractivity contribution is 7.80. The summed E-state index contributed by atoms with van der Waals surface area (Å²) >= 11 is 5.10. The number of aryl methyl sites for hydroxylation is 2. The Morgan fingerprint density at radius 1 is 1.11 bits per heavy atom. The van der Waals surface area contributed by atoms with Gasteiger partial charge in [-0.3, -0.25) is 0 Å². The molecular formula is C13H15N3OS. The van der Waals surface area contributed by atoms with Crippen LogP contribution >= 0.6 is 12.2 Å². The minimum Gasteiger partial charge on any atom is -0.432 e. The molecule has 2 rings (SSSR count). The van der Waals surface area contributed by atoms with Crippen molar-refractivity contribution in [3.05, 3.63) is 29.6 Å². The first-order valence-electron chi connectivity index (χ1n) is 5.61. The van der Waals surface area contributed by atoms with E-state index in [0.717, 1.165) is 22.4 Å². The van der Waals surface area contributed by atoms with E-state index in [1.165, 1.54) is 0 Å². The Balaban J connectivity index is 2.38. The van der Waals surface area contributed by atoms with Gasteiger partial charge in [-0.05, 0) is 38.2 Å². The van der Waals surface area contributed by atoms with E-state index >= 15 is 0 Å². The van der Waals surface area contributed by atoms with E-state index in [4.69, 9.17) is 17.0 Å². The fourth-order valence-electron chi connectivity index (χ4n) is 1.47. The Morgan fingerprint density at radius 2 is 1.72 bits per heavy atom. The lowest BCUT2D eigenvalue weighted by molar-refractivity contribution is 0.450. The quantitative estimate of drug-likeness (QED) is 0.737. The number of rotatable bonds is 1. The van der Waals surface area contributed by atoms with E-state index in [1.54, 1.807) is 4.90 Å². The van der Waals surface area contributed by atoms with Crippen molar-refractivity contribution in [2.45, 2.75) is 13.8 Å². The van der Waals surface area contributed by atoms with Gasteiger partial charge in [-0.1, -0.05) is 0 Å². The summed E-state index contributed by atoms with van der Waals surface area (Å²) in [4.78, 5) is 10.7. The predicted molar refractivity (Wildman–Crippen MR) is 75.9 cm³/mol. The van der Waals surface area contributed by atoms with E-state index in [2.05, 4.69) is 9.97 Å². The molecule has 0 saturated carbocycles. The van der Waals surface area contributed by atoms with Crippen molar-refractivity contribution in [2.75, 3.05) is 14.1 Å². The molecule has 0 radical (unpaired) electrons. The van der Waals surface area contributed by atoms with Gasteiger partial charge >= 0.3 is 0 Å². The van der Waals surface area contributed by atoms with E-state index in [-0.39, 0.29) is 0 Å². The summed E-state index contributed by atoms with van der Waals surface area (Å²) in [5.74, 6) is 0.679. The van der Waals surface area contributed by atoms with Crippen molar-refractivity contribution in [1.29, 1.82) is 0 Å². The van der Waals surface area contributed by atoms with Gasteiger partial charge in [-0.2, -0.15) is 0 Å². The molecule has 0 bridgehead atoms. The first kappa shape index (κ1) is 12.7. The molecule has 0 aliphatic heterocycles. The highest BCUT2D eigenvalue weighted by Gasteiger charge is 2.06. The van der Waals surface area contributed by atoms with Crippen LogP contribution in [0.25, 0.3) is 11.0 Å². The average molecular weight is 261 g/mol. The van der Waals surface area contributed by atoms with E-state index < -0.39 is 0 Å². The molecule has 1 aromatic heterocycles. The molecule has 0 fully saturated rings. The molecule has 0 N–H and O–H groups in total. The van der Waals surface area contributed by atoms with Gasteiger partial charge in [-0.25, -0.2) is 9.97 Å². The fraction of sp³-hybridized carbons (Fsp3) is 0.308. The van der Waals surface area contributed by atoms with Crippen molar-refractivity contribution < 1.29 is 4.74 Å². The van der Waals surface area contributed by atoms with Crippen molar-refractivity contribution >= 4 is 28.4 Å². The van der Waals surface area contributed by atoms with Crippen LogP contribution < -0.4 is 4.74 Å². The normalized spacial score (nSPS) is 10.4. The molecule has 0 amide bonds. The lowest BCUT2D eigenvalue weighted by Crippen LogP contribution is -2.24. The van der Waals surface area contributed by atoms with E-state index in [0.29, 0.717) is 10.9 Å². The van der Waals surface area contributed by atoms with Crippen LogP contribution in [0, 0.1) is 13.8 Å². The summed E-state index contributed by atoms with van der Waals surface area (Å²) in [5.41, 5.74) is 3.55. The van der Waals surface area contributed by atoms with Gasteiger partial charge in [0.1, 0.15) is 5.75 Å². The van der Waals surface area contributed by atoms with Gasteiger partial charge in [0.25, 0.3) is 5.17 Å². The molecule has 1 aromatic carbocycles. The summed E-state index contributed by atoms with van der Waals surface area (Å²) in [6, 6.07) is 5.59. The number of hydrogen-bond donors (Lipinski definition) is 0. The zero-order valence-electron chi connectivity index (χ0n) is 10.9. The maximum atomic E-state index is 5.54. The third-order valence-electron chi connectivity index (χ3n) is 2.62. The number of ether oxygens (including phenoxy) is 1. The second kappa shape index (κ2) is 4.86. The maximum Gasteiger partial charge on any atom is 0.264 e. The van der Waals surface area contributed by atoms with Gasteiger partial charge in [0, 0.05) is 20.2 Å². The number of nitrogens with zero attached hydrogens (tertiary/aromatic N) is 3. The molecule has 0 atom stereocenters. The topological polar surface area (TPSA) is 38.2 Å². The molecule has 0 saturated heterocycles. The number of benzene rings is 1. The number of aromatic nitrogens is 2. The molecule has 5 heteroatoms. The molecule has 2 aromatic rings. The fourth-order valence-corrected chi connectivity index (χ4v) is 1.56. The largest absolute Gasteiger partial charge is 0.432 e. The number of fused-ring (bicyclic) bond motifs is 1. The summed E-state index contributed by atoms with van der Waals surface area (Å²) in [6.45, 7) is 3.90. The standard InChI is InChI=1S/C13H15N3OS/c1-8-9(2)15-12-7-10(5-6-11(12)14-8)17-13(18)16(3)4/h5-7H,1-4H3. The van der Waals surface area contributed by atoms with Crippen LogP contribution in [0.2, 0.25) is 0 Å². The number of hydrogen-bond acceptors (Lipinski definition) is 4. The smallest absolute Gasteiger partial charge is 0.264 e. The molecule has 18 heavy (non-hydrogen) atoms. The highest BCUT2D eigenvalue weighted by Crippen LogP contribution is 2.19. The zero-order valence-corrected chi connectivity index (χ0v) is 11.7. The Bertz CT molecular complexity index is 610. The summed E-state index contributed by atoms with van der Waals surface area (Å²) in [5, 5.41) is 0.422. The SMILES string of the molecule is Cc1nc2ccc(OC(=S)N(C)C)cc2nc1C. The lowest BCUT2D eigenvalue weighted by atomic mass is 10.2. The van der Waals surface area contributed by atoms with Crippen LogP contribution in [0.3, 0.4) is 0 Å². The molecule has 4 nitrogen and oxygen atoms in total. The highest BCUT2D eigenvalue weighted by atomic mass is 32.1. The Labute approximate surface area is 112 Å². The molecule has 0 unspecified atom stereocenters. The van der Waals surface area contributed by atoms with E-state index in [9.17, 15) is 0 Å². The summed E-state index contributed by atoms with van der Waals surface area (Å²) < 4.78 is 5.54. The van der Waals surface area contributed by atoms with E-state index in [1.807, 2.05) is 46.1 Å². The molecule has 0 aliphatic carbocycles. The van der Waals surface area contributed by atoms with Gasteiger partial charge in [-0.15, -0.1) is 0 Å². The van der Waals surface area contributed by atoms with Crippen LogP contribution in [0.15, 0.2) is 18.2 Å². The second-order valence-electron chi connectivity index (χ2n) is 4.31. The van der Waals surface area contributed by atoms with Crippen LogP contribution in [0.5, 0.6) is 5.75 Å². The predicted octanol–water partition coefficient (Wildman–Crippen LogP) is 2.47. The minimum atomic E-state index is 0.422. The Hall–Kier alpha value is -1.75. The lowest BCUT2D eigenvalue weighted by Gasteiger charge is -2.14.